The predicted octanol–water partition coefficient (Wildman–Crippen LogP) is 3.39. The van der Waals surface area contributed by atoms with Crippen molar-refractivity contribution in [3.8, 4) is 5.69 Å². The van der Waals surface area contributed by atoms with Crippen molar-refractivity contribution in [1.82, 2.24) is 25.4 Å². The zero-order valence-electron chi connectivity index (χ0n) is 16.5. The fourth-order valence-corrected chi connectivity index (χ4v) is 2.66. The van der Waals surface area contributed by atoms with E-state index < -0.39 is 0 Å². The first-order chi connectivity index (χ1) is 13.2. The second kappa shape index (κ2) is 10.8. The number of hydrogen-bond donors (Lipinski definition) is 2. The van der Waals surface area contributed by atoms with Gasteiger partial charge in [-0.1, -0.05) is 12.1 Å². The van der Waals surface area contributed by atoms with Crippen molar-refractivity contribution >= 4 is 29.9 Å². The number of nitrogens with zero attached hydrogens (tertiary/aromatic N) is 4. The van der Waals surface area contributed by atoms with Crippen LogP contribution in [-0.4, -0.2) is 33.8 Å². The first-order valence-corrected chi connectivity index (χ1v) is 9.19. The molecule has 8 heteroatoms. The Morgan fingerprint density at radius 3 is 2.57 bits per heavy atom. The molecule has 0 bridgehead atoms. The molecule has 2 N–H and O–H groups in total. The molecule has 0 spiro atoms. The van der Waals surface area contributed by atoms with E-state index in [0.717, 1.165) is 42.6 Å². The highest BCUT2D eigenvalue weighted by Crippen LogP contribution is 2.10. The van der Waals surface area contributed by atoms with E-state index >= 15 is 0 Å². The summed E-state index contributed by atoms with van der Waals surface area (Å²) in [6, 6.07) is 10.3. The summed E-state index contributed by atoms with van der Waals surface area (Å²) in [5.41, 5.74) is 3.23. The molecule has 28 heavy (non-hydrogen) atoms. The highest BCUT2D eigenvalue weighted by molar-refractivity contribution is 14.0. The Bertz CT molecular complexity index is 851. The maximum atomic E-state index is 5.58. The minimum atomic E-state index is 0. The molecule has 2 heterocycles. The summed E-state index contributed by atoms with van der Waals surface area (Å²) >= 11 is 0. The van der Waals surface area contributed by atoms with Crippen molar-refractivity contribution in [2.24, 2.45) is 4.99 Å². The molecule has 0 saturated carbocycles. The van der Waals surface area contributed by atoms with Gasteiger partial charge in [-0.25, -0.2) is 14.7 Å². The minimum absolute atomic E-state index is 0. The fourth-order valence-electron chi connectivity index (χ4n) is 2.66. The standard InChI is InChI=1S/C20H26N6O.HI/c1-4-21-20(23-14-19-25-15(2)16(3)27-19)22-12-10-17-6-8-18(9-7-17)26-13-5-11-24-26;/h5-9,11,13H,4,10,12,14H2,1-3H3,(H2,21,22,23);1H. The van der Waals surface area contributed by atoms with Crippen LogP contribution in [0, 0.1) is 13.8 Å². The normalized spacial score (nSPS) is 11.2. The molecule has 0 amide bonds. The van der Waals surface area contributed by atoms with Crippen molar-refractivity contribution in [3.05, 3.63) is 65.6 Å². The van der Waals surface area contributed by atoms with Crippen molar-refractivity contribution in [2.75, 3.05) is 13.1 Å². The van der Waals surface area contributed by atoms with Crippen molar-refractivity contribution < 1.29 is 4.42 Å². The van der Waals surface area contributed by atoms with Gasteiger partial charge >= 0.3 is 0 Å². The van der Waals surface area contributed by atoms with E-state index in [-0.39, 0.29) is 24.0 Å². The third kappa shape index (κ3) is 6.08. The van der Waals surface area contributed by atoms with Crippen LogP contribution in [0.2, 0.25) is 0 Å². The maximum Gasteiger partial charge on any atom is 0.216 e. The van der Waals surface area contributed by atoms with Crippen LogP contribution in [0.25, 0.3) is 5.69 Å². The number of aromatic nitrogens is 3. The van der Waals surface area contributed by atoms with Gasteiger partial charge in [-0.3, -0.25) is 0 Å². The van der Waals surface area contributed by atoms with Gasteiger partial charge < -0.3 is 15.1 Å². The minimum Gasteiger partial charge on any atom is -0.444 e. The molecule has 0 saturated heterocycles. The molecule has 3 aromatic rings. The van der Waals surface area contributed by atoms with Crippen LogP contribution in [0.5, 0.6) is 0 Å². The third-order valence-electron chi connectivity index (χ3n) is 4.20. The Morgan fingerprint density at radius 2 is 1.96 bits per heavy atom. The van der Waals surface area contributed by atoms with Gasteiger partial charge in [0.25, 0.3) is 0 Å². The van der Waals surface area contributed by atoms with Crippen LogP contribution < -0.4 is 10.6 Å². The molecule has 0 aliphatic rings. The van der Waals surface area contributed by atoms with Crippen LogP contribution in [0.4, 0.5) is 0 Å². The van der Waals surface area contributed by atoms with Gasteiger partial charge in [0, 0.05) is 25.5 Å². The molecule has 0 atom stereocenters. The van der Waals surface area contributed by atoms with Gasteiger partial charge in [-0.05, 0) is 51.0 Å². The molecule has 0 aliphatic carbocycles. The lowest BCUT2D eigenvalue weighted by Crippen LogP contribution is -2.38. The van der Waals surface area contributed by atoms with Crippen LogP contribution >= 0.6 is 24.0 Å². The quantitative estimate of drug-likeness (QED) is 0.299. The predicted molar refractivity (Wildman–Crippen MR) is 121 cm³/mol. The fraction of sp³-hybridized carbons (Fsp3) is 0.350. The van der Waals surface area contributed by atoms with Gasteiger partial charge in [0.05, 0.1) is 11.4 Å². The van der Waals surface area contributed by atoms with E-state index in [2.05, 4.69) is 50.0 Å². The summed E-state index contributed by atoms with van der Waals surface area (Å²) in [7, 11) is 0. The van der Waals surface area contributed by atoms with Crippen LogP contribution in [-0.2, 0) is 13.0 Å². The first kappa shape index (κ1) is 21.9. The van der Waals surface area contributed by atoms with Crippen molar-refractivity contribution in [1.29, 1.82) is 0 Å². The number of oxazole rings is 1. The van der Waals surface area contributed by atoms with E-state index in [9.17, 15) is 0 Å². The number of aryl methyl sites for hydroxylation is 2. The van der Waals surface area contributed by atoms with Crippen molar-refractivity contribution in [3.63, 3.8) is 0 Å². The molecular formula is C20H27IN6O. The molecular weight excluding hydrogens is 467 g/mol. The summed E-state index contributed by atoms with van der Waals surface area (Å²) in [6.45, 7) is 7.90. The zero-order valence-corrected chi connectivity index (χ0v) is 18.8. The van der Waals surface area contributed by atoms with Crippen LogP contribution in [0.1, 0.15) is 29.8 Å². The number of halogens is 1. The Balaban J connectivity index is 0.00000280. The third-order valence-corrected chi connectivity index (χ3v) is 4.20. The highest BCUT2D eigenvalue weighted by Gasteiger charge is 2.05. The molecule has 2 aromatic heterocycles. The van der Waals surface area contributed by atoms with Crippen LogP contribution in [0.3, 0.4) is 0 Å². The average molecular weight is 494 g/mol. The second-order valence-electron chi connectivity index (χ2n) is 6.24. The van der Waals surface area contributed by atoms with E-state index in [0.29, 0.717) is 12.4 Å². The largest absolute Gasteiger partial charge is 0.444 e. The number of nitrogens with one attached hydrogen (secondary N) is 2. The summed E-state index contributed by atoms with van der Waals surface area (Å²) in [5, 5.41) is 10.8. The van der Waals surface area contributed by atoms with E-state index in [4.69, 9.17) is 4.42 Å². The summed E-state index contributed by atoms with van der Waals surface area (Å²) in [6.07, 6.45) is 4.62. The number of hydrogen-bond acceptors (Lipinski definition) is 4. The number of aliphatic imine (C=N–C) groups is 1. The van der Waals surface area contributed by atoms with Gasteiger partial charge in [0.15, 0.2) is 5.96 Å². The maximum absolute atomic E-state index is 5.58. The first-order valence-electron chi connectivity index (χ1n) is 9.19. The average Bonchev–Trinajstić information content (AvgIpc) is 3.31. The van der Waals surface area contributed by atoms with Gasteiger partial charge in [0.1, 0.15) is 12.3 Å². The Hall–Kier alpha value is -2.36. The molecule has 0 aliphatic heterocycles. The number of guanidine groups is 1. The summed E-state index contributed by atoms with van der Waals surface area (Å²) in [4.78, 5) is 8.91. The molecule has 7 nitrogen and oxygen atoms in total. The number of rotatable bonds is 7. The Kier molecular flexibility index (Phi) is 8.49. The lowest BCUT2D eigenvalue weighted by Gasteiger charge is -2.11. The summed E-state index contributed by atoms with van der Waals surface area (Å²) < 4.78 is 7.43. The highest BCUT2D eigenvalue weighted by atomic mass is 127. The monoisotopic (exact) mass is 494 g/mol. The second-order valence-corrected chi connectivity index (χ2v) is 6.24. The SMILES string of the molecule is CCNC(=NCc1nc(C)c(C)o1)NCCc1ccc(-n2cccn2)cc1.I. The number of benzene rings is 1. The van der Waals surface area contributed by atoms with Gasteiger partial charge in [-0.2, -0.15) is 5.10 Å². The lowest BCUT2D eigenvalue weighted by atomic mass is 10.1. The van der Waals surface area contributed by atoms with Crippen LogP contribution in [0.15, 0.2) is 52.1 Å². The molecule has 0 unspecified atom stereocenters. The molecule has 3 rings (SSSR count). The molecule has 0 fully saturated rings. The van der Waals surface area contributed by atoms with Crippen molar-refractivity contribution in [2.45, 2.75) is 33.7 Å². The zero-order chi connectivity index (χ0) is 19.1. The Labute approximate surface area is 182 Å². The topological polar surface area (TPSA) is 80.3 Å². The molecule has 0 radical (unpaired) electrons. The molecule has 1 aromatic carbocycles. The van der Waals surface area contributed by atoms with Gasteiger partial charge in [-0.15, -0.1) is 24.0 Å². The smallest absolute Gasteiger partial charge is 0.216 e. The lowest BCUT2D eigenvalue weighted by molar-refractivity contribution is 0.473. The van der Waals surface area contributed by atoms with E-state index in [1.54, 1.807) is 6.20 Å². The van der Waals surface area contributed by atoms with E-state index in [1.807, 2.05) is 37.7 Å². The Morgan fingerprint density at radius 1 is 1.18 bits per heavy atom. The summed E-state index contributed by atoms with van der Waals surface area (Å²) in [5.74, 6) is 2.24. The molecule has 150 valence electrons. The van der Waals surface area contributed by atoms with E-state index in [1.165, 1.54) is 5.56 Å². The van der Waals surface area contributed by atoms with Gasteiger partial charge in [0.2, 0.25) is 5.89 Å².